The molecule has 1 aromatic carbocycles. The molecule has 12 heavy (non-hydrogen) atoms. The van der Waals surface area contributed by atoms with E-state index in [1.54, 1.807) is 12.1 Å². The summed E-state index contributed by atoms with van der Waals surface area (Å²) in [7, 11) is 0. The molecule has 1 saturated carbocycles. The summed E-state index contributed by atoms with van der Waals surface area (Å²) in [6.45, 7) is 0. The first-order chi connectivity index (χ1) is 5.93. The highest BCUT2D eigenvalue weighted by molar-refractivity contribution is 5.74. The normalized spacial score (nSPS) is 13.7. The van der Waals surface area contributed by atoms with Crippen LogP contribution in [0.25, 0.3) is 0 Å². The third-order valence-electron chi connectivity index (χ3n) is 1.94. The van der Waals surface area contributed by atoms with Crippen LogP contribution in [-0.4, -0.2) is 6.29 Å². The van der Waals surface area contributed by atoms with Crippen molar-refractivity contribution < 1.29 is 4.79 Å². The lowest BCUT2D eigenvalue weighted by Gasteiger charge is -2.05. The Morgan fingerprint density at radius 3 is 1.67 bits per heavy atom. The van der Waals surface area contributed by atoms with Crippen LogP contribution >= 0.6 is 0 Å². The Morgan fingerprint density at radius 2 is 1.42 bits per heavy atom. The van der Waals surface area contributed by atoms with Crippen LogP contribution in [0.2, 0.25) is 0 Å². The molecule has 0 heterocycles. The molecule has 0 saturated heterocycles. The Bertz CT molecular complexity index is 208. The average molecular weight is 162 g/mol. The summed E-state index contributed by atoms with van der Waals surface area (Å²) in [6.07, 6.45) is 6.83. The lowest BCUT2D eigenvalue weighted by molar-refractivity contribution is 0.112. The largest absolute Gasteiger partial charge is 0.298 e. The number of rotatable bonds is 1. The molecule has 1 aromatic rings. The van der Waals surface area contributed by atoms with E-state index in [-0.39, 0.29) is 0 Å². The number of hydrogen-bond donors (Lipinski definition) is 0. The van der Waals surface area contributed by atoms with Crippen molar-refractivity contribution in [3.05, 3.63) is 35.9 Å². The fourth-order valence-electron chi connectivity index (χ4n) is 0.782. The van der Waals surface area contributed by atoms with Crippen LogP contribution in [0.5, 0.6) is 0 Å². The molecule has 1 aliphatic carbocycles. The third-order valence-corrected chi connectivity index (χ3v) is 1.94. The molecule has 1 aliphatic rings. The first kappa shape index (κ1) is 8.98. The van der Waals surface area contributed by atoms with Crippen molar-refractivity contribution in [3.8, 4) is 0 Å². The van der Waals surface area contributed by atoms with Crippen LogP contribution in [0.1, 0.15) is 36.0 Å². The second kappa shape index (κ2) is 5.53. The second-order valence-electron chi connectivity index (χ2n) is 2.94. The van der Waals surface area contributed by atoms with Crippen molar-refractivity contribution >= 4 is 6.29 Å². The van der Waals surface area contributed by atoms with Gasteiger partial charge in [-0.15, -0.1) is 0 Å². The minimum Gasteiger partial charge on any atom is -0.298 e. The Labute approximate surface area is 73.4 Å². The van der Waals surface area contributed by atoms with Crippen LogP contribution in [0.15, 0.2) is 30.3 Å². The van der Waals surface area contributed by atoms with E-state index in [0.717, 1.165) is 11.8 Å². The SMILES string of the molecule is C1CCC1.O=Cc1ccccc1. The highest BCUT2D eigenvalue weighted by atomic mass is 16.1. The first-order valence-electron chi connectivity index (χ1n) is 4.44. The molecule has 0 amide bonds. The predicted octanol–water partition coefficient (Wildman–Crippen LogP) is 3.06. The van der Waals surface area contributed by atoms with E-state index in [4.69, 9.17) is 0 Å². The van der Waals surface area contributed by atoms with E-state index in [1.807, 2.05) is 18.2 Å². The summed E-state index contributed by atoms with van der Waals surface area (Å²) < 4.78 is 0. The molecular weight excluding hydrogens is 148 g/mol. The average Bonchev–Trinajstić information content (AvgIpc) is 2.03. The molecule has 1 heteroatoms. The molecule has 0 bridgehead atoms. The number of aldehydes is 1. The zero-order valence-corrected chi connectivity index (χ0v) is 7.20. The van der Waals surface area contributed by atoms with Crippen molar-refractivity contribution in [2.24, 2.45) is 0 Å². The molecule has 2 rings (SSSR count). The molecule has 1 nitrogen and oxygen atoms in total. The summed E-state index contributed by atoms with van der Waals surface area (Å²) in [5.74, 6) is 0. The van der Waals surface area contributed by atoms with Gasteiger partial charge in [0.25, 0.3) is 0 Å². The quantitative estimate of drug-likeness (QED) is 0.580. The molecule has 0 radical (unpaired) electrons. The van der Waals surface area contributed by atoms with E-state index in [0.29, 0.717) is 0 Å². The van der Waals surface area contributed by atoms with Crippen molar-refractivity contribution in [3.63, 3.8) is 0 Å². The Kier molecular flexibility index (Phi) is 4.14. The van der Waals surface area contributed by atoms with Crippen LogP contribution < -0.4 is 0 Å². The molecule has 0 spiro atoms. The molecule has 0 N–H and O–H groups in total. The molecule has 0 aliphatic heterocycles. The fraction of sp³-hybridized carbons (Fsp3) is 0.364. The highest BCUT2D eigenvalue weighted by Crippen LogP contribution is 2.15. The molecular formula is C11H14O. The second-order valence-corrected chi connectivity index (χ2v) is 2.94. The number of hydrogen-bond acceptors (Lipinski definition) is 1. The van der Waals surface area contributed by atoms with Gasteiger partial charge in [-0.25, -0.2) is 0 Å². The summed E-state index contributed by atoms with van der Waals surface area (Å²) >= 11 is 0. The zero-order chi connectivity index (χ0) is 8.65. The lowest BCUT2D eigenvalue weighted by atomic mass is 10.0. The molecule has 64 valence electrons. The summed E-state index contributed by atoms with van der Waals surface area (Å²) in [5.41, 5.74) is 0.729. The van der Waals surface area contributed by atoms with Gasteiger partial charge in [-0.05, 0) is 0 Å². The predicted molar refractivity (Wildman–Crippen MR) is 50.3 cm³/mol. The smallest absolute Gasteiger partial charge is 0.150 e. The summed E-state index contributed by atoms with van der Waals surface area (Å²) in [5, 5.41) is 0. The lowest BCUT2D eigenvalue weighted by Crippen LogP contribution is -1.85. The molecule has 0 unspecified atom stereocenters. The number of benzene rings is 1. The summed E-state index contributed by atoms with van der Waals surface area (Å²) in [4.78, 5) is 10.0. The van der Waals surface area contributed by atoms with Crippen molar-refractivity contribution in [2.75, 3.05) is 0 Å². The van der Waals surface area contributed by atoms with Crippen LogP contribution in [0.4, 0.5) is 0 Å². The minimum absolute atomic E-state index is 0.729. The minimum atomic E-state index is 0.729. The Morgan fingerprint density at radius 1 is 0.917 bits per heavy atom. The maximum Gasteiger partial charge on any atom is 0.150 e. The topological polar surface area (TPSA) is 17.1 Å². The van der Waals surface area contributed by atoms with Crippen LogP contribution in [0, 0.1) is 0 Å². The van der Waals surface area contributed by atoms with Crippen molar-refractivity contribution in [1.82, 2.24) is 0 Å². The van der Waals surface area contributed by atoms with Gasteiger partial charge in [-0.3, -0.25) is 4.79 Å². The van der Waals surface area contributed by atoms with Gasteiger partial charge >= 0.3 is 0 Å². The Hall–Kier alpha value is -1.11. The van der Waals surface area contributed by atoms with E-state index in [2.05, 4.69) is 0 Å². The van der Waals surface area contributed by atoms with E-state index in [9.17, 15) is 4.79 Å². The van der Waals surface area contributed by atoms with Crippen LogP contribution in [-0.2, 0) is 0 Å². The maximum absolute atomic E-state index is 10.0. The van der Waals surface area contributed by atoms with Gasteiger partial charge in [0.2, 0.25) is 0 Å². The third kappa shape index (κ3) is 3.33. The van der Waals surface area contributed by atoms with Gasteiger partial charge < -0.3 is 0 Å². The standard InChI is InChI=1S/C7H6O.C4H8/c8-6-7-4-2-1-3-5-7;1-2-4-3-1/h1-6H;1-4H2. The highest BCUT2D eigenvalue weighted by Gasteiger charge is 1.95. The van der Waals surface area contributed by atoms with E-state index in [1.165, 1.54) is 25.7 Å². The fourth-order valence-corrected chi connectivity index (χ4v) is 0.782. The van der Waals surface area contributed by atoms with Crippen molar-refractivity contribution in [1.29, 1.82) is 0 Å². The monoisotopic (exact) mass is 162 g/mol. The summed E-state index contributed by atoms with van der Waals surface area (Å²) in [6, 6.07) is 9.10. The molecule has 0 aromatic heterocycles. The van der Waals surface area contributed by atoms with Crippen LogP contribution in [0.3, 0.4) is 0 Å². The van der Waals surface area contributed by atoms with Gasteiger partial charge in [0.15, 0.2) is 0 Å². The Balaban J connectivity index is 0.000000150. The maximum atomic E-state index is 10.0. The van der Waals surface area contributed by atoms with Gasteiger partial charge in [0.05, 0.1) is 0 Å². The van der Waals surface area contributed by atoms with E-state index >= 15 is 0 Å². The first-order valence-corrected chi connectivity index (χ1v) is 4.44. The van der Waals surface area contributed by atoms with Gasteiger partial charge in [0.1, 0.15) is 6.29 Å². The van der Waals surface area contributed by atoms with Gasteiger partial charge in [-0.2, -0.15) is 0 Å². The van der Waals surface area contributed by atoms with Gasteiger partial charge in [-0.1, -0.05) is 56.0 Å². The zero-order valence-electron chi connectivity index (χ0n) is 7.20. The number of carbonyl (C=O) groups is 1. The van der Waals surface area contributed by atoms with Crippen molar-refractivity contribution in [2.45, 2.75) is 25.7 Å². The molecule has 1 fully saturated rings. The van der Waals surface area contributed by atoms with Gasteiger partial charge in [0, 0.05) is 5.56 Å². The molecule has 0 atom stereocenters. The van der Waals surface area contributed by atoms with E-state index < -0.39 is 0 Å². The number of carbonyl (C=O) groups excluding carboxylic acids is 1.